The fourth-order valence-electron chi connectivity index (χ4n) is 1.26. The molecule has 1 unspecified atom stereocenters. The van der Waals surface area contributed by atoms with Crippen LogP contribution in [-0.4, -0.2) is 17.7 Å². The van der Waals surface area contributed by atoms with Crippen LogP contribution < -0.4 is 11.1 Å². The van der Waals surface area contributed by atoms with Gasteiger partial charge in [-0.05, 0) is 24.3 Å². The molecule has 0 aromatic heterocycles. The van der Waals surface area contributed by atoms with Crippen molar-refractivity contribution in [3.05, 3.63) is 24.3 Å². The smallest absolute Gasteiger partial charge is 0.228 e. The van der Waals surface area contributed by atoms with Gasteiger partial charge in [0.05, 0.1) is 0 Å². The molecular weight excluding hydrogens is 232 g/mol. The van der Waals surface area contributed by atoms with Crippen molar-refractivity contribution in [2.24, 2.45) is 11.7 Å². The SMILES string of the molecule is CC(C)Sc1ccc(NC(=O)C(C)CN)cc1. The highest BCUT2D eigenvalue weighted by Crippen LogP contribution is 2.24. The van der Waals surface area contributed by atoms with Crippen molar-refractivity contribution in [3.8, 4) is 0 Å². The predicted octanol–water partition coefficient (Wildman–Crippen LogP) is 2.72. The third-order valence-electron chi connectivity index (χ3n) is 2.29. The summed E-state index contributed by atoms with van der Waals surface area (Å²) in [5.74, 6) is -0.184. The molecule has 0 heterocycles. The predicted molar refractivity (Wildman–Crippen MR) is 74.3 cm³/mol. The maximum atomic E-state index is 11.6. The molecule has 1 aromatic carbocycles. The van der Waals surface area contributed by atoms with Gasteiger partial charge >= 0.3 is 0 Å². The van der Waals surface area contributed by atoms with Crippen molar-refractivity contribution in [2.45, 2.75) is 30.9 Å². The van der Waals surface area contributed by atoms with Crippen LogP contribution in [0.1, 0.15) is 20.8 Å². The standard InChI is InChI=1S/C13H20N2OS/c1-9(2)17-12-6-4-11(5-7-12)15-13(16)10(3)8-14/h4-7,9-10H,8,14H2,1-3H3,(H,15,16). The largest absolute Gasteiger partial charge is 0.330 e. The lowest BCUT2D eigenvalue weighted by Gasteiger charge is -2.10. The summed E-state index contributed by atoms with van der Waals surface area (Å²) in [6.07, 6.45) is 0. The number of nitrogens with one attached hydrogen (secondary N) is 1. The van der Waals surface area contributed by atoms with Crippen LogP contribution in [0.25, 0.3) is 0 Å². The molecule has 0 aliphatic heterocycles. The van der Waals surface area contributed by atoms with Gasteiger partial charge < -0.3 is 11.1 Å². The molecule has 3 nitrogen and oxygen atoms in total. The molecule has 0 saturated heterocycles. The Balaban J connectivity index is 2.59. The normalized spacial score (nSPS) is 12.5. The minimum Gasteiger partial charge on any atom is -0.330 e. The van der Waals surface area contributed by atoms with E-state index in [9.17, 15) is 4.79 Å². The van der Waals surface area contributed by atoms with Crippen molar-refractivity contribution in [3.63, 3.8) is 0 Å². The first kappa shape index (κ1) is 14.1. The molecule has 0 bridgehead atoms. The van der Waals surface area contributed by atoms with Crippen LogP contribution >= 0.6 is 11.8 Å². The first-order valence-electron chi connectivity index (χ1n) is 5.80. The van der Waals surface area contributed by atoms with Gasteiger partial charge in [-0.1, -0.05) is 20.8 Å². The molecule has 0 saturated carbocycles. The summed E-state index contributed by atoms with van der Waals surface area (Å²) in [6.45, 7) is 6.50. The van der Waals surface area contributed by atoms with E-state index in [4.69, 9.17) is 5.73 Å². The number of hydrogen-bond donors (Lipinski definition) is 2. The molecule has 0 aliphatic rings. The molecule has 0 aliphatic carbocycles. The number of hydrogen-bond acceptors (Lipinski definition) is 3. The second-order valence-corrected chi connectivity index (χ2v) is 5.97. The van der Waals surface area contributed by atoms with Crippen molar-refractivity contribution < 1.29 is 4.79 Å². The van der Waals surface area contributed by atoms with Crippen LogP contribution in [0, 0.1) is 5.92 Å². The van der Waals surface area contributed by atoms with Gasteiger partial charge in [-0.25, -0.2) is 0 Å². The zero-order chi connectivity index (χ0) is 12.8. The van der Waals surface area contributed by atoms with E-state index in [2.05, 4.69) is 19.2 Å². The maximum Gasteiger partial charge on any atom is 0.228 e. The van der Waals surface area contributed by atoms with E-state index >= 15 is 0 Å². The minimum atomic E-state index is -0.153. The maximum absolute atomic E-state index is 11.6. The fraction of sp³-hybridized carbons (Fsp3) is 0.462. The van der Waals surface area contributed by atoms with E-state index in [0.29, 0.717) is 11.8 Å². The molecule has 3 N–H and O–H groups in total. The van der Waals surface area contributed by atoms with E-state index in [1.54, 1.807) is 11.8 Å². The molecule has 1 rings (SSSR count). The van der Waals surface area contributed by atoms with Gasteiger partial charge in [-0.3, -0.25) is 4.79 Å². The third kappa shape index (κ3) is 4.79. The van der Waals surface area contributed by atoms with E-state index in [-0.39, 0.29) is 11.8 Å². The van der Waals surface area contributed by atoms with Gasteiger partial charge in [0.1, 0.15) is 0 Å². The summed E-state index contributed by atoms with van der Waals surface area (Å²) >= 11 is 1.80. The average molecular weight is 252 g/mol. The van der Waals surface area contributed by atoms with Crippen LogP contribution in [0.4, 0.5) is 5.69 Å². The number of carbonyl (C=O) groups excluding carboxylic acids is 1. The van der Waals surface area contributed by atoms with Gasteiger partial charge in [0, 0.05) is 28.3 Å². The van der Waals surface area contributed by atoms with E-state index in [0.717, 1.165) is 5.69 Å². The van der Waals surface area contributed by atoms with Gasteiger partial charge in [0.2, 0.25) is 5.91 Å². The van der Waals surface area contributed by atoms with E-state index in [1.165, 1.54) is 4.90 Å². The Morgan fingerprint density at radius 3 is 2.35 bits per heavy atom. The topological polar surface area (TPSA) is 55.1 Å². The van der Waals surface area contributed by atoms with Crippen LogP contribution in [0.2, 0.25) is 0 Å². The Labute approximate surface area is 107 Å². The quantitative estimate of drug-likeness (QED) is 0.792. The fourth-order valence-corrected chi connectivity index (χ4v) is 2.10. The van der Waals surface area contributed by atoms with Crippen LogP contribution in [0.5, 0.6) is 0 Å². The molecule has 17 heavy (non-hydrogen) atoms. The number of rotatable bonds is 5. The number of benzene rings is 1. The van der Waals surface area contributed by atoms with Gasteiger partial charge in [-0.2, -0.15) is 0 Å². The van der Waals surface area contributed by atoms with Crippen LogP contribution in [0.3, 0.4) is 0 Å². The lowest BCUT2D eigenvalue weighted by atomic mass is 10.1. The molecule has 0 radical (unpaired) electrons. The van der Waals surface area contributed by atoms with Gasteiger partial charge in [-0.15, -0.1) is 11.8 Å². The summed E-state index contributed by atoms with van der Waals surface area (Å²) in [4.78, 5) is 12.8. The number of amides is 1. The summed E-state index contributed by atoms with van der Waals surface area (Å²) in [6, 6.07) is 7.89. The summed E-state index contributed by atoms with van der Waals surface area (Å²) < 4.78 is 0. The molecule has 1 amide bonds. The van der Waals surface area contributed by atoms with E-state index < -0.39 is 0 Å². The Hall–Kier alpha value is -1.00. The first-order chi connectivity index (χ1) is 8.02. The summed E-state index contributed by atoms with van der Waals surface area (Å²) in [7, 11) is 0. The zero-order valence-corrected chi connectivity index (χ0v) is 11.4. The van der Waals surface area contributed by atoms with Gasteiger partial charge in [0.15, 0.2) is 0 Å². The highest BCUT2D eigenvalue weighted by atomic mass is 32.2. The number of anilines is 1. The molecule has 1 atom stereocenters. The highest BCUT2D eigenvalue weighted by Gasteiger charge is 2.10. The Morgan fingerprint density at radius 2 is 1.88 bits per heavy atom. The summed E-state index contributed by atoms with van der Waals surface area (Å²) in [5, 5.41) is 3.41. The molecule has 4 heteroatoms. The summed E-state index contributed by atoms with van der Waals surface area (Å²) in [5.41, 5.74) is 6.26. The minimum absolute atomic E-state index is 0.0308. The van der Waals surface area contributed by atoms with Crippen molar-refractivity contribution in [1.29, 1.82) is 0 Å². The van der Waals surface area contributed by atoms with E-state index in [1.807, 2.05) is 31.2 Å². The molecular formula is C13H20N2OS. The Bertz CT molecular complexity index is 362. The number of carbonyl (C=O) groups is 1. The molecule has 1 aromatic rings. The number of thioether (sulfide) groups is 1. The monoisotopic (exact) mass is 252 g/mol. The lowest BCUT2D eigenvalue weighted by molar-refractivity contribution is -0.119. The van der Waals surface area contributed by atoms with Crippen molar-refractivity contribution in [1.82, 2.24) is 0 Å². The Kier molecular flexibility index (Phi) is 5.51. The van der Waals surface area contributed by atoms with Crippen LogP contribution in [0.15, 0.2) is 29.2 Å². The lowest BCUT2D eigenvalue weighted by Crippen LogP contribution is -2.26. The first-order valence-corrected chi connectivity index (χ1v) is 6.68. The molecule has 94 valence electrons. The number of nitrogens with two attached hydrogens (primary N) is 1. The zero-order valence-electron chi connectivity index (χ0n) is 10.6. The van der Waals surface area contributed by atoms with Crippen molar-refractivity contribution >= 4 is 23.4 Å². The van der Waals surface area contributed by atoms with Gasteiger partial charge in [0.25, 0.3) is 0 Å². The highest BCUT2D eigenvalue weighted by molar-refractivity contribution is 7.99. The van der Waals surface area contributed by atoms with Crippen LogP contribution in [-0.2, 0) is 4.79 Å². The third-order valence-corrected chi connectivity index (χ3v) is 3.31. The molecule has 0 fully saturated rings. The second kappa shape index (κ2) is 6.67. The second-order valence-electron chi connectivity index (χ2n) is 4.32. The Morgan fingerprint density at radius 1 is 1.29 bits per heavy atom. The van der Waals surface area contributed by atoms with Crippen molar-refractivity contribution in [2.75, 3.05) is 11.9 Å². The molecule has 0 spiro atoms. The average Bonchev–Trinajstić information content (AvgIpc) is 2.30.